The first-order chi connectivity index (χ1) is 9.37. The number of hydrogen-bond donors (Lipinski definition) is 2. The van der Waals surface area contributed by atoms with Crippen molar-refractivity contribution in [1.82, 2.24) is 4.72 Å². The quantitative estimate of drug-likeness (QED) is 0.852. The Bertz CT molecular complexity index is 598. The second-order valence-electron chi connectivity index (χ2n) is 5.06. The van der Waals surface area contributed by atoms with Crippen molar-refractivity contribution in [2.75, 3.05) is 7.11 Å². The summed E-state index contributed by atoms with van der Waals surface area (Å²) in [5.74, 6) is -0.449. The van der Waals surface area contributed by atoms with Crippen LogP contribution < -0.4 is 10.5 Å². The minimum atomic E-state index is -3.65. The lowest BCUT2D eigenvalue weighted by Crippen LogP contribution is -2.47. The third kappa shape index (κ3) is 3.01. The third-order valence-corrected chi connectivity index (χ3v) is 5.08. The number of nitrogens with two attached hydrogens (primary N) is 1. The zero-order valence-corrected chi connectivity index (χ0v) is 12.3. The van der Waals surface area contributed by atoms with Crippen LogP contribution in [-0.2, 0) is 21.3 Å². The van der Waals surface area contributed by atoms with Gasteiger partial charge in [0.15, 0.2) is 0 Å². The lowest BCUT2D eigenvalue weighted by atomic mass is 9.90. The van der Waals surface area contributed by atoms with E-state index in [1.165, 1.54) is 19.1 Å². The first-order valence-electron chi connectivity index (χ1n) is 6.41. The molecule has 1 aromatic carbocycles. The molecule has 2 rings (SSSR count). The predicted molar refractivity (Wildman–Crippen MR) is 73.2 cm³/mol. The van der Waals surface area contributed by atoms with Gasteiger partial charge in [0.05, 0.1) is 11.0 Å². The number of nitrogens with one attached hydrogen (secondary N) is 1. The van der Waals surface area contributed by atoms with Gasteiger partial charge in [-0.3, -0.25) is 0 Å². The van der Waals surface area contributed by atoms with Crippen molar-refractivity contribution in [3.8, 4) is 0 Å². The van der Waals surface area contributed by atoms with E-state index in [4.69, 9.17) is 10.5 Å². The maximum absolute atomic E-state index is 13.7. The number of aryl methyl sites for hydroxylation is 1. The summed E-state index contributed by atoms with van der Waals surface area (Å²) in [4.78, 5) is 0.0534. The molecule has 0 unspecified atom stereocenters. The maximum Gasteiger partial charge on any atom is 0.240 e. The van der Waals surface area contributed by atoms with Crippen LogP contribution in [0, 0.1) is 12.7 Å². The summed E-state index contributed by atoms with van der Waals surface area (Å²) in [7, 11) is -2.05. The largest absolute Gasteiger partial charge is 0.381 e. The van der Waals surface area contributed by atoms with Crippen molar-refractivity contribution in [2.45, 2.75) is 43.4 Å². The Hall–Kier alpha value is -1.02. The highest BCUT2D eigenvalue weighted by molar-refractivity contribution is 7.89. The molecule has 3 N–H and O–H groups in total. The third-order valence-electron chi connectivity index (χ3n) is 3.58. The molecule has 5 nitrogen and oxygen atoms in total. The minimum Gasteiger partial charge on any atom is -0.381 e. The molecule has 0 saturated heterocycles. The molecule has 1 fully saturated rings. The van der Waals surface area contributed by atoms with Crippen molar-refractivity contribution in [1.29, 1.82) is 0 Å². The molecule has 1 aromatic rings. The smallest absolute Gasteiger partial charge is 0.240 e. The summed E-state index contributed by atoms with van der Waals surface area (Å²) >= 11 is 0. The van der Waals surface area contributed by atoms with Crippen LogP contribution in [0.1, 0.15) is 24.0 Å². The highest BCUT2D eigenvalue weighted by atomic mass is 32.2. The van der Waals surface area contributed by atoms with E-state index < -0.39 is 15.8 Å². The molecule has 0 aliphatic heterocycles. The van der Waals surface area contributed by atoms with E-state index in [0.29, 0.717) is 12.8 Å². The van der Waals surface area contributed by atoms with Gasteiger partial charge >= 0.3 is 0 Å². The second-order valence-corrected chi connectivity index (χ2v) is 6.78. The molecule has 0 atom stereocenters. The molecule has 0 aromatic heterocycles. The molecule has 0 bridgehead atoms. The highest BCUT2D eigenvalue weighted by Crippen LogP contribution is 2.25. The standard InChI is InChI=1S/C13H19FN2O3S/c1-8-3-12(4-9(7-15)13(8)14)20(17,18)16-10-5-11(6-10)19-2/h3-4,10-11,16H,5-7,15H2,1-2H3. The van der Waals surface area contributed by atoms with Crippen LogP contribution >= 0.6 is 0 Å². The molecule has 0 spiro atoms. The van der Waals surface area contributed by atoms with Crippen molar-refractivity contribution >= 4 is 10.0 Å². The molecule has 0 amide bonds. The molecule has 20 heavy (non-hydrogen) atoms. The summed E-state index contributed by atoms with van der Waals surface area (Å²) in [6.45, 7) is 1.49. The number of halogens is 1. The average Bonchev–Trinajstić information content (AvgIpc) is 2.36. The summed E-state index contributed by atoms with van der Waals surface area (Å²) in [5.41, 5.74) is 5.91. The van der Waals surface area contributed by atoms with Crippen molar-refractivity contribution in [3.63, 3.8) is 0 Å². The number of rotatable bonds is 5. The molecular weight excluding hydrogens is 283 g/mol. The van der Waals surface area contributed by atoms with Crippen molar-refractivity contribution in [3.05, 3.63) is 29.1 Å². The van der Waals surface area contributed by atoms with Gasteiger partial charge < -0.3 is 10.5 Å². The van der Waals surface area contributed by atoms with E-state index in [-0.39, 0.29) is 34.7 Å². The predicted octanol–water partition coefficient (Wildman–Crippen LogP) is 1.05. The summed E-state index contributed by atoms with van der Waals surface area (Å²) in [5, 5.41) is 0. The number of hydrogen-bond acceptors (Lipinski definition) is 4. The lowest BCUT2D eigenvalue weighted by molar-refractivity contribution is 0.0236. The number of benzene rings is 1. The van der Waals surface area contributed by atoms with Gasteiger partial charge in [0.2, 0.25) is 10.0 Å². The molecule has 0 heterocycles. The molecular formula is C13H19FN2O3S. The Morgan fingerprint density at radius 2 is 2.10 bits per heavy atom. The van der Waals surface area contributed by atoms with Crippen LogP contribution in [0.15, 0.2) is 17.0 Å². The molecule has 7 heteroatoms. The minimum absolute atomic E-state index is 0.0365. The van der Waals surface area contributed by atoms with Gasteiger partial charge in [0.1, 0.15) is 5.82 Å². The topological polar surface area (TPSA) is 81.4 Å². The number of methoxy groups -OCH3 is 1. The normalized spacial score (nSPS) is 22.6. The second kappa shape index (κ2) is 5.77. The molecule has 112 valence electrons. The van der Waals surface area contributed by atoms with Crippen molar-refractivity contribution in [2.24, 2.45) is 5.73 Å². The Balaban J connectivity index is 2.20. The van der Waals surface area contributed by atoms with E-state index in [9.17, 15) is 12.8 Å². The zero-order valence-electron chi connectivity index (χ0n) is 11.5. The van der Waals surface area contributed by atoms with Crippen LogP contribution in [0.5, 0.6) is 0 Å². The Morgan fingerprint density at radius 3 is 2.65 bits per heavy atom. The van der Waals surface area contributed by atoms with Gasteiger partial charge in [0, 0.05) is 25.3 Å². The fourth-order valence-electron chi connectivity index (χ4n) is 2.25. The lowest BCUT2D eigenvalue weighted by Gasteiger charge is -2.34. The van der Waals surface area contributed by atoms with E-state index in [2.05, 4.69) is 4.72 Å². The molecule has 1 aliphatic rings. The summed E-state index contributed by atoms with van der Waals surface area (Å²) < 4.78 is 45.9. The van der Waals surface area contributed by atoms with Gasteiger partial charge in [-0.2, -0.15) is 0 Å². The van der Waals surface area contributed by atoms with Crippen LogP contribution in [-0.4, -0.2) is 27.7 Å². The molecule has 1 saturated carbocycles. The number of ether oxygens (including phenoxy) is 1. The molecule has 0 radical (unpaired) electrons. The molecule has 1 aliphatic carbocycles. The van der Waals surface area contributed by atoms with Gasteiger partial charge in [-0.25, -0.2) is 17.5 Å². The SMILES string of the molecule is COC1CC(NS(=O)(=O)c2cc(C)c(F)c(CN)c2)C1. The maximum atomic E-state index is 13.7. The summed E-state index contributed by atoms with van der Waals surface area (Å²) in [6.07, 6.45) is 1.41. The first-order valence-corrected chi connectivity index (χ1v) is 7.90. The van der Waals surface area contributed by atoms with Crippen LogP contribution in [0.4, 0.5) is 4.39 Å². The monoisotopic (exact) mass is 302 g/mol. The van der Waals surface area contributed by atoms with Crippen LogP contribution in [0.2, 0.25) is 0 Å². The van der Waals surface area contributed by atoms with Crippen LogP contribution in [0.3, 0.4) is 0 Å². The Morgan fingerprint density at radius 1 is 1.45 bits per heavy atom. The van der Waals surface area contributed by atoms with E-state index in [1.807, 2.05) is 0 Å². The van der Waals surface area contributed by atoms with Gasteiger partial charge in [-0.15, -0.1) is 0 Å². The number of sulfonamides is 1. The Labute approximate surface area is 118 Å². The summed E-state index contributed by atoms with van der Waals surface area (Å²) in [6, 6.07) is 2.48. The van der Waals surface area contributed by atoms with Crippen molar-refractivity contribution < 1.29 is 17.5 Å². The van der Waals surface area contributed by atoms with E-state index in [1.54, 1.807) is 7.11 Å². The highest BCUT2D eigenvalue weighted by Gasteiger charge is 2.33. The average molecular weight is 302 g/mol. The zero-order chi connectivity index (χ0) is 14.9. The van der Waals surface area contributed by atoms with E-state index in [0.717, 1.165) is 0 Å². The fourth-order valence-corrected chi connectivity index (χ4v) is 3.65. The van der Waals surface area contributed by atoms with Gasteiger partial charge in [-0.05, 0) is 37.5 Å². The fraction of sp³-hybridized carbons (Fsp3) is 0.538. The van der Waals surface area contributed by atoms with E-state index >= 15 is 0 Å². The first kappa shape index (κ1) is 15.4. The van der Waals surface area contributed by atoms with Gasteiger partial charge in [0.25, 0.3) is 0 Å². The van der Waals surface area contributed by atoms with Gasteiger partial charge in [-0.1, -0.05) is 0 Å². The van der Waals surface area contributed by atoms with Crippen LogP contribution in [0.25, 0.3) is 0 Å². The Kier molecular flexibility index (Phi) is 4.43.